The normalized spacial score (nSPS) is 14.1. The zero-order valence-corrected chi connectivity index (χ0v) is 16.3. The summed E-state index contributed by atoms with van der Waals surface area (Å²) in [5, 5.41) is 3.05. The van der Waals surface area contributed by atoms with Gasteiger partial charge < -0.3 is 5.32 Å². The standard InChI is InChI=1S/C21H14ClNO4S/c1-12-6-9-16(22)17(10-12)23-21(25)13-7-8-15-19(11-13)28(26,27)18-5-3-2-4-14(18)20(15)24/h2-11H,1H3,(H,23,25). The zero-order valence-electron chi connectivity index (χ0n) is 14.7. The van der Waals surface area contributed by atoms with Crippen molar-refractivity contribution in [1.82, 2.24) is 0 Å². The Balaban J connectivity index is 1.77. The molecule has 0 aromatic heterocycles. The van der Waals surface area contributed by atoms with E-state index in [9.17, 15) is 18.0 Å². The molecular formula is C21H14ClNO4S. The van der Waals surface area contributed by atoms with E-state index in [1.165, 1.54) is 30.3 Å². The van der Waals surface area contributed by atoms with Crippen molar-refractivity contribution in [2.24, 2.45) is 0 Å². The number of ketones is 1. The lowest BCUT2D eigenvalue weighted by Crippen LogP contribution is -2.21. The van der Waals surface area contributed by atoms with Crippen LogP contribution in [0.1, 0.15) is 31.8 Å². The van der Waals surface area contributed by atoms with E-state index in [-0.39, 0.29) is 32.3 Å². The summed E-state index contributed by atoms with van der Waals surface area (Å²) in [4.78, 5) is 25.1. The van der Waals surface area contributed by atoms with Crippen molar-refractivity contribution in [2.75, 3.05) is 5.32 Å². The molecule has 0 saturated heterocycles. The van der Waals surface area contributed by atoms with Crippen molar-refractivity contribution in [3.05, 3.63) is 87.9 Å². The van der Waals surface area contributed by atoms with Crippen molar-refractivity contribution < 1.29 is 18.0 Å². The molecular weight excluding hydrogens is 398 g/mol. The predicted octanol–water partition coefficient (Wildman–Crippen LogP) is 4.28. The first-order valence-electron chi connectivity index (χ1n) is 8.39. The molecule has 3 aromatic rings. The van der Waals surface area contributed by atoms with Crippen LogP contribution < -0.4 is 5.32 Å². The monoisotopic (exact) mass is 411 g/mol. The topological polar surface area (TPSA) is 80.3 Å². The summed E-state index contributed by atoms with van der Waals surface area (Å²) in [6.07, 6.45) is 0. The first-order chi connectivity index (χ1) is 13.3. The molecule has 7 heteroatoms. The number of anilines is 1. The molecule has 1 heterocycles. The smallest absolute Gasteiger partial charge is 0.255 e. The summed E-state index contributed by atoms with van der Waals surface area (Å²) in [7, 11) is -3.90. The van der Waals surface area contributed by atoms with Crippen molar-refractivity contribution in [2.45, 2.75) is 16.7 Å². The van der Waals surface area contributed by atoms with Crippen molar-refractivity contribution in [1.29, 1.82) is 0 Å². The lowest BCUT2D eigenvalue weighted by Gasteiger charge is -2.19. The number of hydrogen-bond donors (Lipinski definition) is 1. The van der Waals surface area contributed by atoms with Gasteiger partial charge in [-0.1, -0.05) is 29.8 Å². The second-order valence-electron chi connectivity index (χ2n) is 6.48. The molecule has 1 N–H and O–H groups in total. The molecule has 0 radical (unpaired) electrons. The van der Waals surface area contributed by atoms with Gasteiger partial charge in [-0.05, 0) is 55.0 Å². The molecule has 1 amide bonds. The minimum Gasteiger partial charge on any atom is -0.321 e. The second-order valence-corrected chi connectivity index (χ2v) is 8.77. The second kappa shape index (κ2) is 6.58. The number of carbonyl (C=O) groups is 2. The molecule has 0 spiro atoms. The Labute approximate surface area is 166 Å². The minimum absolute atomic E-state index is 0.0493. The summed E-state index contributed by atoms with van der Waals surface area (Å²) in [5.74, 6) is -0.897. The van der Waals surface area contributed by atoms with Gasteiger partial charge in [0.05, 0.1) is 20.5 Å². The third-order valence-electron chi connectivity index (χ3n) is 4.57. The first kappa shape index (κ1) is 18.4. The van der Waals surface area contributed by atoms with E-state index in [0.29, 0.717) is 10.7 Å². The van der Waals surface area contributed by atoms with Gasteiger partial charge in [0.25, 0.3) is 5.91 Å². The van der Waals surface area contributed by atoms with E-state index < -0.39 is 15.7 Å². The fourth-order valence-corrected chi connectivity index (χ4v) is 5.00. The highest BCUT2D eigenvalue weighted by molar-refractivity contribution is 7.91. The molecule has 140 valence electrons. The molecule has 0 fully saturated rings. The average molecular weight is 412 g/mol. The third-order valence-corrected chi connectivity index (χ3v) is 6.75. The van der Waals surface area contributed by atoms with E-state index >= 15 is 0 Å². The Bertz CT molecular complexity index is 1270. The SMILES string of the molecule is Cc1ccc(Cl)c(NC(=O)c2ccc3c(c2)S(=O)(=O)c2ccccc2C3=O)c1. The lowest BCUT2D eigenvalue weighted by atomic mass is 10.0. The molecule has 4 rings (SSSR count). The highest BCUT2D eigenvalue weighted by Gasteiger charge is 2.35. The van der Waals surface area contributed by atoms with Crippen LogP contribution in [-0.4, -0.2) is 20.1 Å². The van der Waals surface area contributed by atoms with Crippen LogP contribution in [0.25, 0.3) is 0 Å². The quantitative estimate of drug-likeness (QED) is 0.534. The van der Waals surface area contributed by atoms with Gasteiger partial charge in [-0.3, -0.25) is 9.59 Å². The van der Waals surface area contributed by atoms with Gasteiger partial charge in [-0.2, -0.15) is 0 Å². The Kier molecular flexibility index (Phi) is 4.33. The highest BCUT2D eigenvalue weighted by Crippen LogP contribution is 2.35. The summed E-state index contributed by atoms with van der Waals surface area (Å²) >= 11 is 6.11. The Hall–Kier alpha value is -2.96. The molecule has 0 saturated carbocycles. The number of fused-ring (bicyclic) bond motifs is 2. The van der Waals surface area contributed by atoms with E-state index in [2.05, 4.69) is 5.32 Å². The maximum atomic E-state index is 13.0. The maximum absolute atomic E-state index is 13.0. The fourth-order valence-electron chi connectivity index (χ4n) is 3.15. The molecule has 0 unspecified atom stereocenters. The molecule has 5 nitrogen and oxygen atoms in total. The number of amides is 1. The number of hydrogen-bond acceptors (Lipinski definition) is 4. The molecule has 28 heavy (non-hydrogen) atoms. The Morgan fingerprint density at radius 1 is 0.929 bits per heavy atom. The van der Waals surface area contributed by atoms with Crippen LogP contribution in [0.3, 0.4) is 0 Å². The molecule has 1 aliphatic heterocycles. The number of carbonyl (C=O) groups excluding carboxylic acids is 2. The van der Waals surface area contributed by atoms with Crippen molar-refractivity contribution in [3.8, 4) is 0 Å². The van der Waals surface area contributed by atoms with Crippen LogP contribution >= 0.6 is 11.6 Å². The predicted molar refractivity (Wildman–Crippen MR) is 106 cm³/mol. The summed E-state index contributed by atoms with van der Waals surface area (Å²) in [6, 6.07) is 15.3. The number of sulfone groups is 1. The molecule has 0 atom stereocenters. The lowest BCUT2D eigenvalue weighted by molar-refractivity contribution is 0.101. The number of halogens is 1. The van der Waals surface area contributed by atoms with Gasteiger partial charge in [-0.15, -0.1) is 0 Å². The molecule has 0 aliphatic carbocycles. The van der Waals surface area contributed by atoms with Gasteiger partial charge in [0.2, 0.25) is 9.84 Å². The highest BCUT2D eigenvalue weighted by atomic mass is 35.5. The Morgan fingerprint density at radius 2 is 1.64 bits per heavy atom. The molecule has 0 bridgehead atoms. The van der Waals surface area contributed by atoms with Crippen molar-refractivity contribution >= 4 is 38.8 Å². The average Bonchev–Trinajstić information content (AvgIpc) is 2.69. The molecule has 3 aromatic carbocycles. The van der Waals surface area contributed by atoms with E-state index in [4.69, 9.17) is 11.6 Å². The zero-order chi connectivity index (χ0) is 20.1. The van der Waals surface area contributed by atoms with Gasteiger partial charge in [0.15, 0.2) is 5.78 Å². The van der Waals surface area contributed by atoms with E-state index in [1.54, 1.807) is 24.3 Å². The maximum Gasteiger partial charge on any atom is 0.255 e. The van der Waals surface area contributed by atoms with Crippen LogP contribution in [0.4, 0.5) is 5.69 Å². The third kappa shape index (κ3) is 2.91. The van der Waals surface area contributed by atoms with Gasteiger partial charge in [-0.25, -0.2) is 8.42 Å². The Morgan fingerprint density at radius 3 is 2.43 bits per heavy atom. The summed E-state index contributed by atoms with van der Waals surface area (Å²) < 4.78 is 25.9. The summed E-state index contributed by atoms with van der Waals surface area (Å²) in [5.41, 5.74) is 1.65. The van der Waals surface area contributed by atoms with Gasteiger partial charge in [0.1, 0.15) is 0 Å². The first-order valence-corrected chi connectivity index (χ1v) is 10.3. The number of benzene rings is 3. The van der Waals surface area contributed by atoms with Crippen molar-refractivity contribution in [3.63, 3.8) is 0 Å². The van der Waals surface area contributed by atoms with E-state index in [1.807, 2.05) is 13.0 Å². The van der Waals surface area contributed by atoms with Crippen LogP contribution in [0.2, 0.25) is 5.02 Å². The fraction of sp³-hybridized carbons (Fsp3) is 0.0476. The number of nitrogens with one attached hydrogen (secondary N) is 1. The van der Waals surface area contributed by atoms with Gasteiger partial charge >= 0.3 is 0 Å². The van der Waals surface area contributed by atoms with E-state index in [0.717, 1.165) is 5.56 Å². The van der Waals surface area contributed by atoms with Crippen LogP contribution in [-0.2, 0) is 9.84 Å². The number of rotatable bonds is 2. The summed E-state index contributed by atoms with van der Waals surface area (Å²) in [6.45, 7) is 1.86. The van der Waals surface area contributed by atoms with Crippen LogP contribution in [0.5, 0.6) is 0 Å². The largest absolute Gasteiger partial charge is 0.321 e. The number of aryl methyl sites for hydroxylation is 1. The minimum atomic E-state index is -3.90. The van der Waals surface area contributed by atoms with Gasteiger partial charge in [0, 0.05) is 16.7 Å². The molecule has 1 aliphatic rings. The van der Waals surface area contributed by atoms with Crippen LogP contribution in [0.15, 0.2) is 70.5 Å². The van der Waals surface area contributed by atoms with Crippen LogP contribution in [0, 0.1) is 6.92 Å².